The topological polar surface area (TPSA) is 44.8 Å². The maximum atomic E-state index is 12.6. The Kier molecular flexibility index (Phi) is 6.95. The second kappa shape index (κ2) is 8.22. The summed E-state index contributed by atoms with van der Waals surface area (Å²) in [5, 5.41) is 0. The largest absolute Gasteiger partial charge is 0.428 e. The predicted molar refractivity (Wildman–Crippen MR) is 72.0 cm³/mol. The molecule has 0 aliphatic carbocycles. The smallest absolute Gasteiger partial charge is 0.344 e. The van der Waals surface area contributed by atoms with Gasteiger partial charge in [0, 0.05) is 0 Å². The molecule has 0 atom stereocenters. The summed E-state index contributed by atoms with van der Waals surface area (Å²) in [6.45, 7) is 3.88. The van der Waals surface area contributed by atoms with Crippen LogP contribution in [0.25, 0.3) is 0 Å². The minimum Gasteiger partial charge on any atom is -0.428 e. The molecule has 8 heteroatoms. The fourth-order valence-corrected chi connectivity index (χ4v) is 3.25. The summed E-state index contributed by atoms with van der Waals surface area (Å²) in [4.78, 5) is 0. The van der Waals surface area contributed by atoms with Crippen molar-refractivity contribution in [3.8, 4) is 5.75 Å². The molecule has 0 unspecified atom stereocenters. The molecule has 1 aromatic rings. The summed E-state index contributed by atoms with van der Waals surface area (Å²) in [7, 11) is -3.24. The number of ether oxygens (including phenoxy) is 1. The molecule has 21 heavy (non-hydrogen) atoms. The van der Waals surface area contributed by atoms with Gasteiger partial charge < -0.3 is 13.8 Å². The molecule has 0 aromatic heterocycles. The number of hydrogen-bond acceptors (Lipinski definition) is 4. The summed E-state index contributed by atoms with van der Waals surface area (Å²) in [6, 6.07) is 3.59. The predicted octanol–water partition coefficient (Wildman–Crippen LogP) is 4.87. The third-order valence-corrected chi connectivity index (χ3v) is 4.36. The van der Waals surface area contributed by atoms with Crippen molar-refractivity contribution in [1.82, 2.24) is 0 Å². The van der Waals surface area contributed by atoms with Crippen LogP contribution in [0, 0.1) is 0 Å². The molecule has 0 fully saturated rings. The van der Waals surface area contributed by atoms with Crippen LogP contribution in [0.5, 0.6) is 5.75 Å². The highest BCUT2D eigenvalue weighted by molar-refractivity contribution is 7.53. The highest BCUT2D eigenvalue weighted by Crippen LogP contribution is 2.51. The fraction of sp³-hybridized carbons (Fsp3) is 0.385. The molecule has 0 spiro atoms. The van der Waals surface area contributed by atoms with Crippen molar-refractivity contribution in [2.75, 3.05) is 13.2 Å². The van der Waals surface area contributed by atoms with Crippen LogP contribution in [0.3, 0.4) is 0 Å². The van der Waals surface area contributed by atoms with E-state index in [1.165, 1.54) is 24.3 Å². The lowest BCUT2D eigenvalue weighted by atomic mass is 10.2. The average molecular weight is 324 g/mol. The Balaban J connectivity index is 2.78. The van der Waals surface area contributed by atoms with Crippen LogP contribution in [0.2, 0.25) is 0 Å². The lowest BCUT2D eigenvalue weighted by molar-refractivity contribution is 0.219. The Morgan fingerprint density at radius 2 is 1.57 bits per heavy atom. The van der Waals surface area contributed by atoms with Gasteiger partial charge in [-0.05, 0) is 31.5 Å². The Morgan fingerprint density at radius 1 is 1.05 bits per heavy atom. The van der Waals surface area contributed by atoms with Gasteiger partial charge in [-0.25, -0.2) is 0 Å². The normalized spacial score (nSPS) is 11.3. The molecular formula is C13H16F3O4P. The van der Waals surface area contributed by atoms with Gasteiger partial charge in [-0.2, -0.15) is 13.2 Å². The van der Waals surface area contributed by atoms with Crippen molar-refractivity contribution in [3.05, 3.63) is 41.9 Å². The zero-order valence-corrected chi connectivity index (χ0v) is 12.5. The highest BCUT2D eigenvalue weighted by atomic mass is 31.2. The molecule has 0 saturated carbocycles. The number of rotatable bonds is 8. The zero-order chi connectivity index (χ0) is 15.9. The van der Waals surface area contributed by atoms with Gasteiger partial charge in [0.2, 0.25) is 0 Å². The van der Waals surface area contributed by atoms with Crippen molar-refractivity contribution in [2.45, 2.75) is 20.0 Å². The van der Waals surface area contributed by atoms with E-state index in [0.29, 0.717) is 5.56 Å². The van der Waals surface area contributed by atoms with Gasteiger partial charge in [-0.15, -0.1) is 0 Å². The number of hydrogen-bond donors (Lipinski definition) is 0. The van der Waals surface area contributed by atoms with Gasteiger partial charge >= 0.3 is 19.7 Å². The molecule has 0 aliphatic rings. The van der Waals surface area contributed by atoms with Crippen molar-refractivity contribution >= 4 is 7.60 Å². The van der Waals surface area contributed by atoms with Crippen LogP contribution in [-0.4, -0.2) is 13.2 Å². The molecule has 1 rings (SSSR count). The van der Waals surface area contributed by atoms with Gasteiger partial charge in [-0.1, -0.05) is 12.1 Å². The Hall–Kier alpha value is -1.30. The van der Waals surface area contributed by atoms with E-state index in [4.69, 9.17) is 9.05 Å². The SMILES string of the molecule is CCOP(=O)(Cc1ccc(OC(F)=C(F)F)cc1)OCC. The van der Waals surface area contributed by atoms with Crippen molar-refractivity contribution in [3.63, 3.8) is 0 Å². The molecule has 1 aromatic carbocycles. The highest BCUT2D eigenvalue weighted by Gasteiger charge is 2.24. The first-order valence-corrected chi connectivity index (χ1v) is 7.98. The van der Waals surface area contributed by atoms with Crippen LogP contribution in [0.15, 0.2) is 36.4 Å². The van der Waals surface area contributed by atoms with Crippen LogP contribution in [0.1, 0.15) is 19.4 Å². The Labute approximate surface area is 121 Å². The summed E-state index contributed by atoms with van der Waals surface area (Å²) in [5.74, 6) is -0.0910. The summed E-state index contributed by atoms with van der Waals surface area (Å²) in [6.07, 6.45) is -2.50. The molecule has 118 valence electrons. The zero-order valence-electron chi connectivity index (χ0n) is 11.6. The Bertz CT molecular complexity index is 517. The lowest BCUT2D eigenvalue weighted by Gasteiger charge is -2.17. The van der Waals surface area contributed by atoms with E-state index >= 15 is 0 Å². The third-order valence-electron chi connectivity index (χ3n) is 2.31. The average Bonchev–Trinajstić information content (AvgIpc) is 2.41. The molecule has 0 radical (unpaired) electrons. The van der Waals surface area contributed by atoms with Crippen molar-refractivity contribution in [2.24, 2.45) is 0 Å². The summed E-state index contributed by atoms with van der Waals surface area (Å²) in [5.41, 5.74) is 0.595. The van der Waals surface area contributed by atoms with E-state index in [1.807, 2.05) is 0 Å². The van der Waals surface area contributed by atoms with E-state index in [1.54, 1.807) is 13.8 Å². The van der Waals surface area contributed by atoms with E-state index in [0.717, 1.165) is 0 Å². The molecule has 0 heterocycles. The van der Waals surface area contributed by atoms with Crippen LogP contribution < -0.4 is 4.74 Å². The quantitative estimate of drug-likeness (QED) is 0.506. The van der Waals surface area contributed by atoms with E-state index in [9.17, 15) is 17.7 Å². The Morgan fingerprint density at radius 3 is 2.00 bits per heavy atom. The molecular weight excluding hydrogens is 308 g/mol. The van der Waals surface area contributed by atoms with Gasteiger partial charge in [-0.3, -0.25) is 4.57 Å². The minimum atomic E-state index is -3.24. The van der Waals surface area contributed by atoms with E-state index in [-0.39, 0.29) is 25.1 Å². The van der Waals surface area contributed by atoms with E-state index in [2.05, 4.69) is 4.74 Å². The first-order chi connectivity index (χ1) is 9.90. The van der Waals surface area contributed by atoms with Gasteiger partial charge in [0.15, 0.2) is 0 Å². The monoisotopic (exact) mass is 324 g/mol. The second-order valence-corrected chi connectivity index (χ2v) is 5.94. The van der Waals surface area contributed by atoms with Crippen LogP contribution >= 0.6 is 7.60 Å². The first-order valence-electron chi connectivity index (χ1n) is 6.26. The standard InChI is InChI=1S/C13H16F3O4P/c1-3-18-21(17,19-4-2)9-10-5-7-11(8-6-10)20-13(16)12(14)15/h5-8H,3-4,9H2,1-2H3. The van der Waals surface area contributed by atoms with Gasteiger partial charge in [0.1, 0.15) is 5.75 Å². The van der Waals surface area contributed by atoms with Crippen molar-refractivity contribution < 1.29 is 31.5 Å². The summed E-state index contributed by atoms with van der Waals surface area (Å²) < 4.78 is 63.2. The number of halogens is 3. The molecule has 0 saturated heterocycles. The first kappa shape index (κ1) is 17.8. The minimum absolute atomic E-state index is 0.0325. The second-order valence-electron chi connectivity index (χ2n) is 3.88. The van der Waals surface area contributed by atoms with Gasteiger partial charge in [0.25, 0.3) is 0 Å². The lowest BCUT2D eigenvalue weighted by Crippen LogP contribution is -1.99. The number of benzene rings is 1. The third kappa shape index (κ3) is 5.91. The van der Waals surface area contributed by atoms with Gasteiger partial charge in [0.05, 0.1) is 19.4 Å². The molecule has 0 N–H and O–H groups in total. The maximum Gasteiger partial charge on any atom is 0.344 e. The molecule has 0 aliphatic heterocycles. The van der Waals surface area contributed by atoms with Crippen molar-refractivity contribution in [1.29, 1.82) is 0 Å². The molecule has 0 amide bonds. The van der Waals surface area contributed by atoms with Crippen LogP contribution in [0.4, 0.5) is 13.2 Å². The van der Waals surface area contributed by atoms with Crippen LogP contribution in [-0.2, 0) is 19.8 Å². The summed E-state index contributed by atoms with van der Waals surface area (Å²) >= 11 is 0. The fourth-order valence-electron chi connectivity index (χ4n) is 1.55. The van der Waals surface area contributed by atoms with E-state index < -0.39 is 19.7 Å². The molecule has 0 bridgehead atoms. The molecule has 4 nitrogen and oxygen atoms in total. The maximum absolute atomic E-state index is 12.6.